The Labute approximate surface area is 162 Å². The number of aryl methyl sites for hydroxylation is 1. The number of ether oxygens (including phenoxy) is 2. The van der Waals surface area contributed by atoms with Gasteiger partial charge < -0.3 is 14.8 Å². The van der Waals surface area contributed by atoms with Crippen molar-refractivity contribution >= 4 is 29.0 Å². The second kappa shape index (κ2) is 8.51. The second-order valence-electron chi connectivity index (χ2n) is 5.77. The lowest BCUT2D eigenvalue weighted by molar-refractivity contribution is -0.111. The zero-order valence-corrected chi connectivity index (χ0v) is 16.2. The normalized spacial score (nSPS) is 10.8. The minimum Gasteiger partial charge on any atom is -0.493 e. The van der Waals surface area contributed by atoms with Crippen molar-refractivity contribution in [3.05, 3.63) is 64.5 Å². The molecule has 0 spiro atoms. The van der Waals surface area contributed by atoms with E-state index in [1.54, 1.807) is 37.7 Å². The highest BCUT2D eigenvalue weighted by Gasteiger charge is 2.05. The first-order valence-corrected chi connectivity index (χ1v) is 9.20. The number of carbonyl (C=O) groups is 1. The van der Waals surface area contributed by atoms with Crippen molar-refractivity contribution in [1.82, 2.24) is 4.98 Å². The lowest BCUT2D eigenvalue weighted by atomic mass is 10.1. The number of hydrogen-bond donors (Lipinski definition) is 1. The second-order valence-corrected chi connectivity index (χ2v) is 6.83. The van der Waals surface area contributed by atoms with Crippen LogP contribution in [0.4, 0.5) is 5.69 Å². The summed E-state index contributed by atoms with van der Waals surface area (Å²) < 4.78 is 10.5. The van der Waals surface area contributed by atoms with Gasteiger partial charge in [0.25, 0.3) is 0 Å². The summed E-state index contributed by atoms with van der Waals surface area (Å²) in [5.41, 5.74) is 3.55. The Hall–Kier alpha value is -3.12. The lowest BCUT2D eigenvalue weighted by Crippen LogP contribution is -2.07. The standard InChI is InChI=1S/C21H20N2O3S/c1-14-22-18(13-27-14)16-6-8-17(9-7-16)23-21(24)11-5-15-4-10-19(25-2)20(12-15)26-3/h4-13H,1-3H3,(H,23,24)/b11-5+. The van der Waals surface area contributed by atoms with E-state index in [1.807, 2.05) is 48.7 Å². The van der Waals surface area contributed by atoms with Gasteiger partial charge in [-0.25, -0.2) is 4.98 Å². The molecule has 3 rings (SSSR count). The minimum absolute atomic E-state index is 0.206. The SMILES string of the molecule is COc1ccc(/C=C/C(=O)Nc2ccc(-c3csc(C)n3)cc2)cc1OC. The Balaban J connectivity index is 1.64. The molecule has 5 nitrogen and oxygen atoms in total. The number of carbonyl (C=O) groups excluding carboxylic acids is 1. The molecule has 0 saturated carbocycles. The summed E-state index contributed by atoms with van der Waals surface area (Å²) in [6.45, 7) is 1.98. The number of aromatic nitrogens is 1. The van der Waals surface area contributed by atoms with Gasteiger partial charge in [0.15, 0.2) is 11.5 Å². The lowest BCUT2D eigenvalue weighted by Gasteiger charge is -2.07. The average Bonchev–Trinajstić information content (AvgIpc) is 3.13. The number of anilines is 1. The van der Waals surface area contributed by atoms with Gasteiger partial charge in [0.05, 0.1) is 24.9 Å². The van der Waals surface area contributed by atoms with E-state index in [0.717, 1.165) is 27.5 Å². The fourth-order valence-corrected chi connectivity index (χ4v) is 3.15. The van der Waals surface area contributed by atoms with Crippen LogP contribution in [0.15, 0.2) is 53.9 Å². The van der Waals surface area contributed by atoms with E-state index in [1.165, 1.54) is 6.08 Å². The van der Waals surface area contributed by atoms with Crippen molar-refractivity contribution in [2.75, 3.05) is 19.5 Å². The third kappa shape index (κ3) is 4.74. The summed E-state index contributed by atoms with van der Waals surface area (Å²) >= 11 is 1.62. The molecule has 0 radical (unpaired) electrons. The van der Waals surface area contributed by atoms with Crippen molar-refractivity contribution in [3.8, 4) is 22.8 Å². The predicted octanol–water partition coefficient (Wildman–Crippen LogP) is 4.79. The molecule has 1 N–H and O–H groups in total. The number of thiazole rings is 1. The molecule has 0 aliphatic heterocycles. The van der Waals surface area contributed by atoms with Gasteiger partial charge in [-0.3, -0.25) is 4.79 Å². The molecule has 3 aromatic rings. The van der Waals surface area contributed by atoms with E-state index >= 15 is 0 Å². The summed E-state index contributed by atoms with van der Waals surface area (Å²) in [5, 5.41) is 5.90. The van der Waals surface area contributed by atoms with Crippen molar-refractivity contribution < 1.29 is 14.3 Å². The first-order chi connectivity index (χ1) is 13.1. The number of nitrogens with one attached hydrogen (secondary N) is 1. The van der Waals surface area contributed by atoms with Crippen molar-refractivity contribution in [2.24, 2.45) is 0 Å². The van der Waals surface area contributed by atoms with E-state index in [9.17, 15) is 4.79 Å². The maximum Gasteiger partial charge on any atom is 0.248 e. The van der Waals surface area contributed by atoms with Crippen LogP contribution in [0.5, 0.6) is 11.5 Å². The Morgan fingerprint density at radius 1 is 1.07 bits per heavy atom. The molecule has 27 heavy (non-hydrogen) atoms. The average molecular weight is 380 g/mol. The number of amides is 1. The quantitative estimate of drug-likeness (QED) is 0.625. The van der Waals surface area contributed by atoms with Crippen molar-refractivity contribution in [2.45, 2.75) is 6.92 Å². The van der Waals surface area contributed by atoms with Gasteiger partial charge >= 0.3 is 0 Å². The largest absolute Gasteiger partial charge is 0.493 e. The molecule has 0 fully saturated rings. The van der Waals surface area contributed by atoms with Gasteiger partial charge in [0, 0.05) is 22.7 Å². The van der Waals surface area contributed by atoms with Crippen LogP contribution in [0.1, 0.15) is 10.6 Å². The van der Waals surface area contributed by atoms with Crippen LogP contribution in [0.3, 0.4) is 0 Å². The van der Waals surface area contributed by atoms with Crippen LogP contribution in [-0.4, -0.2) is 25.1 Å². The maximum atomic E-state index is 12.2. The fourth-order valence-electron chi connectivity index (χ4n) is 2.53. The van der Waals surface area contributed by atoms with Gasteiger partial charge in [0.2, 0.25) is 5.91 Å². The summed E-state index contributed by atoms with van der Waals surface area (Å²) in [5.74, 6) is 1.06. The van der Waals surface area contributed by atoms with Gasteiger partial charge in [-0.1, -0.05) is 18.2 Å². The molecule has 0 bridgehead atoms. The van der Waals surface area contributed by atoms with Crippen molar-refractivity contribution in [1.29, 1.82) is 0 Å². The topological polar surface area (TPSA) is 60.5 Å². The van der Waals surface area contributed by atoms with Crippen LogP contribution in [0.25, 0.3) is 17.3 Å². The maximum absolute atomic E-state index is 12.2. The number of rotatable bonds is 6. The Morgan fingerprint density at radius 3 is 2.44 bits per heavy atom. The van der Waals surface area contributed by atoms with Gasteiger partial charge in [-0.05, 0) is 42.8 Å². The smallest absolute Gasteiger partial charge is 0.248 e. The highest BCUT2D eigenvalue weighted by Crippen LogP contribution is 2.28. The number of methoxy groups -OCH3 is 2. The summed E-state index contributed by atoms with van der Waals surface area (Å²) in [6, 6.07) is 13.1. The molecule has 1 heterocycles. The fraction of sp³-hybridized carbons (Fsp3) is 0.143. The number of hydrogen-bond acceptors (Lipinski definition) is 5. The first kappa shape index (κ1) is 18.7. The molecule has 2 aromatic carbocycles. The summed E-state index contributed by atoms with van der Waals surface area (Å²) in [7, 11) is 3.16. The Bertz CT molecular complexity index is 962. The van der Waals surface area contributed by atoms with E-state index < -0.39 is 0 Å². The third-order valence-corrected chi connectivity index (χ3v) is 4.68. The van der Waals surface area contributed by atoms with E-state index in [4.69, 9.17) is 9.47 Å². The Kier molecular flexibility index (Phi) is 5.88. The number of benzene rings is 2. The zero-order valence-electron chi connectivity index (χ0n) is 15.4. The molecular weight excluding hydrogens is 360 g/mol. The van der Waals surface area contributed by atoms with Crippen LogP contribution < -0.4 is 14.8 Å². The molecule has 0 atom stereocenters. The monoisotopic (exact) mass is 380 g/mol. The van der Waals surface area contributed by atoms with Crippen LogP contribution in [-0.2, 0) is 4.79 Å². The van der Waals surface area contributed by atoms with Crippen LogP contribution in [0.2, 0.25) is 0 Å². The van der Waals surface area contributed by atoms with E-state index in [2.05, 4.69) is 10.3 Å². The molecule has 1 amide bonds. The third-order valence-electron chi connectivity index (χ3n) is 3.90. The zero-order chi connectivity index (χ0) is 19.2. The molecule has 6 heteroatoms. The molecule has 0 aliphatic carbocycles. The molecule has 1 aromatic heterocycles. The summed E-state index contributed by atoms with van der Waals surface area (Å²) in [4.78, 5) is 16.6. The highest BCUT2D eigenvalue weighted by molar-refractivity contribution is 7.09. The Morgan fingerprint density at radius 2 is 1.81 bits per heavy atom. The van der Waals surface area contributed by atoms with Crippen LogP contribution in [0, 0.1) is 6.92 Å². The van der Waals surface area contributed by atoms with Crippen molar-refractivity contribution in [3.63, 3.8) is 0 Å². The highest BCUT2D eigenvalue weighted by atomic mass is 32.1. The predicted molar refractivity (Wildman–Crippen MR) is 109 cm³/mol. The molecule has 138 valence electrons. The van der Waals surface area contributed by atoms with Gasteiger partial charge in [-0.15, -0.1) is 11.3 Å². The minimum atomic E-state index is -0.206. The van der Waals surface area contributed by atoms with E-state index in [0.29, 0.717) is 11.5 Å². The van der Waals surface area contributed by atoms with Gasteiger partial charge in [-0.2, -0.15) is 0 Å². The van der Waals surface area contributed by atoms with Gasteiger partial charge in [0.1, 0.15) is 0 Å². The molecule has 0 saturated heterocycles. The molecule has 0 unspecified atom stereocenters. The first-order valence-electron chi connectivity index (χ1n) is 8.32. The molecule has 0 aliphatic rings. The number of nitrogens with zero attached hydrogens (tertiary/aromatic N) is 1. The van der Waals surface area contributed by atoms with Crippen LogP contribution >= 0.6 is 11.3 Å². The summed E-state index contributed by atoms with van der Waals surface area (Å²) in [6.07, 6.45) is 3.21. The molecular formula is C21H20N2O3S. The van der Waals surface area contributed by atoms with E-state index in [-0.39, 0.29) is 5.91 Å².